The third kappa shape index (κ3) is 3.57. The molecule has 1 aromatic heterocycles. The molecular formula is C24H26N4O2. The normalized spacial score (nSPS) is 17.0. The Hall–Kier alpha value is -3.17. The fourth-order valence-corrected chi connectivity index (χ4v) is 4.17. The van der Waals surface area contributed by atoms with Gasteiger partial charge in [-0.1, -0.05) is 35.9 Å². The molecule has 0 radical (unpaired) electrons. The second-order valence-electron chi connectivity index (χ2n) is 8.77. The lowest BCUT2D eigenvalue weighted by Crippen LogP contribution is -2.38. The molecule has 1 amide bonds. The Labute approximate surface area is 176 Å². The fourth-order valence-electron chi connectivity index (χ4n) is 4.17. The van der Waals surface area contributed by atoms with E-state index in [0.29, 0.717) is 17.2 Å². The molecule has 2 aromatic carbocycles. The van der Waals surface area contributed by atoms with Crippen LogP contribution in [0.1, 0.15) is 50.7 Å². The molecule has 0 bridgehead atoms. The van der Waals surface area contributed by atoms with Crippen LogP contribution in [0.5, 0.6) is 0 Å². The lowest BCUT2D eigenvalue weighted by atomic mass is 9.78. The molecule has 0 aliphatic heterocycles. The predicted molar refractivity (Wildman–Crippen MR) is 117 cm³/mol. The Kier molecular flexibility index (Phi) is 4.87. The van der Waals surface area contributed by atoms with Crippen molar-refractivity contribution in [2.24, 2.45) is 0 Å². The summed E-state index contributed by atoms with van der Waals surface area (Å²) in [5, 5.41) is 13.8. The summed E-state index contributed by atoms with van der Waals surface area (Å²) >= 11 is 0. The van der Waals surface area contributed by atoms with E-state index in [0.717, 1.165) is 35.9 Å². The largest absolute Gasteiger partial charge is 0.385 e. The second-order valence-corrected chi connectivity index (χ2v) is 8.77. The summed E-state index contributed by atoms with van der Waals surface area (Å²) in [6, 6.07) is 12.9. The number of carbonyl (C=O) groups excluding carboxylic acids is 1. The van der Waals surface area contributed by atoms with Gasteiger partial charge < -0.3 is 9.67 Å². The molecule has 1 saturated carbocycles. The molecule has 6 heteroatoms. The molecular weight excluding hydrogens is 376 g/mol. The van der Waals surface area contributed by atoms with Crippen molar-refractivity contribution in [3.63, 3.8) is 0 Å². The van der Waals surface area contributed by atoms with Crippen LogP contribution in [0, 0.1) is 13.5 Å². The van der Waals surface area contributed by atoms with Crippen molar-refractivity contribution in [2.75, 3.05) is 5.32 Å². The summed E-state index contributed by atoms with van der Waals surface area (Å²) in [6.07, 6.45) is 3.02. The van der Waals surface area contributed by atoms with Gasteiger partial charge in [-0.3, -0.25) is 10.1 Å². The Morgan fingerprint density at radius 2 is 2.00 bits per heavy atom. The first-order valence-electron chi connectivity index (χ1n) is 10.2. The second kappa shape index (κ2) is 7.26. The molecule has 0 saturated heterocycles. The summed E-state index contributed by atoms with van der Waals surface area (Å²) in [7, 11) is 0. The third-order valence-corrected chi connectivity index (χ3v) is 6.17. The summed E-state index contributed by atoms with van der Waals surface area (Å²) in [6.45, 7) is 13.1. The molecule has 0 unspecified atom stereocenters. The first kappa shape index (κ1) is 20.1. The number of carbonyl (C=O) groups is 1. The number of benzene rings is 2. The number of aromatic nitrogens is 2. The summed E-state index contributed by atoms with van der Waals surface area (Å²) in [4.78, 5) is 21.1. The van der Waals surface area contributed by atoms with Crippen LogP contribution in [0.15, 0.2) is 42.5 Å². The van der Waals surface area contributed by atoms with Crippen molar-refractivity contribution >= 4 is 28.6 Å². The SMILES string of the molecule is [C-]#[N+]c1ccc2nc(NC(=O)C[C@@](C)(O)c3ccc(C)cc3)n(C3(C)CCC3)c2c1. The lowest BCUT2D eigenvalue weighted by molar-refractivity contribution is -0.120. The summed E-state index contributed by atoms with van der Waals surface area (Å²) in [5.41, 5.74) is 2.52. The van der Waals surface area contributed by atoms with E-state index < -0.39 is 5.60 Å². The van der Waals surface area contributed by atoms with Crippen LogP contribution in [-0.4, -0.2) is 20.6 Å². The minimum Gasteiger partial charge on any atom is -0.385 e. The first-order chi connectivity index (χ1) is 14.2. The Morgan fingerprint density at radius 1 is 1.30 bits per heavy atom. The van der Waals surface area contributed by atoms with Crippen LogP contribution in [0.3, 0.4) is 0 Å². The molecule has 2 N–H and O–H groups in total. The molecule has 0 spiro atoms. The fraction of sp³-hybridized carbons (Fsp3) is 0.375. The van der Waals surface area contributed by atoms with Gasteiger partial charge in [-0.25, -0.2) is 9.83 Å². The van der Waals surface area contributed by atoms with E-state index in [4.69, 9.17) is 6.57 Å². The number of rotatable bonds is 5. The molecule has 4 rings (SSSR count). The van der Waals surface area contributed by atoms with Gasteiger partial charge in [0.15, 0.2) is 5.69 Å². The monoisotopic (exact) mass is 402 g/mol. The molecule has 3 aromatic rings. The standard InChI is InChI=1S/C24H26N4O2/c1-16-6-8-17(9-7-16)24(3,30)15-21(29)27-22-26-19-11-10-18(25-4)14-20(19)28(22)23(2)12-5-13-23/h6-11,14,30H,5,12-13,15H2,1-3H3,(H,26,27,29)/t24-/m1/s1. The van der Waals surface area contributed by atoms with Crippen LogP contribution in [0.4, 0.5) is 11.6 Å². The van der Waals surface area contributed by atoms with E-state index in [1.54, 1.807) is 13.0 Å². The average Bonchev–Trinajstić information content (AvgIpc) is 3.02. The maximum atomic E-state index is 12.9. The maximum Gasteiger partial charge on any atom is 0.229 e. The molecule has 154 valence electrons. The molecule has 6 nitrogen and oxygen atoms in total. The van der Waals surface area contributed by atoms with Crippen molar-refractivity contribution < 1.29 is 9.90 Å². The van der Waals surface area contributed by atoms with E-state index in [1.165, 1.54) is 0 Å². The molecule has 1 aliphatic carbocycles. The van der Waals surface area contributed by atoms with Crippen molar-refractivity contribution in [1.82, 2.24) is 9.55 Å². The van der Waals surface area contributed by atoms with Crippen LogP contribution in [-0.2, 0) is 15.9 Å². The van der Waals surface area contributed by atoms with Crippen molar-refractivity contribution in [1.29, 1.82) is 0 Å². The number of hydrogen-bond acceptors (Lipinski definition) is 3. The number of aliphatic hydroxyl groups is 1. The van der Waals surface area contributed by atoms with Crippen molar-refractivity contribution in [2.45, 2.75) is 57.6 Å². The molecule has 1 heterocycles. The topological polar surface area (TPSA) is 71.5 Å². The Morgan fingerprint density at radius 3 is 2.60 bits per heavy atom. The molecule has 30 heavy (non-hydrogen) atoms. The summed E-state index contributed by atoms with van der Waals surface area (Å²) < 4.78 is 2.05. The number of amides is 1. The third-order valence-electron chi connectivity index (χ3n) is 6.17. The highest BCUT2D eigenvalue weighted by Gasteiger charge is 2.37. The van der Waals surface area contributed by atoms with Gasteiger partial charge in [0, 0.05) is 5.54 Å². The zero-order chi connectivity index (χ0) is 21.5. The van der Waals surface area contributed by atoms with Crippen LogP contribution < -0.4 is 5.32 Å². The van der Waals surface area contributed by atoms with E-state index in [-0.39, 0.29) is 17.9 Å². The first-order valence-corrected chi connectivity index (χ1v) is 10.2. The van der Waals surface area contributed by atoms with Crippen LogP contribution >= 0.6 is 0 Å². The summed E-state index contributed by atoms with van der Waals surface area (Å²) in [5.74, 6) is 0.171. The van der Waals surface area contributed by atoms with Crippen molar-refractivity contribution in [3.8, 4) is 0 Å². The smallest absolute Gasteiger partial charge is 0.229 e. The minimum atomic E-state index is -1.29. The number of hydrogen-bond donors (Lipinski definition) is 2. The van der Waals surface area contributed by atoms with E-state index in [9.17, 15) is 9.90 Å². The van der Waals surface area contributed by atoms with Gasteiger partial charge in [-0.05, 0) is 57.7 Å². The number of nitrogens with zero attached hydrogens (tertiary/aromatic N) is 3. The number of fused-ring (bicyclic) bond motifs is 1. The van der Waals surface area contributed by atoms with E-state index >= 15 is 0 Å². The van der Waals surface area contributed by atoms with Gasteiger partial charge in [-0.2, -0.15) is 0 Å². The van der Waals surface area contributed by atoms with Gasteiger partial charge in [0.2, 0.25) is 11.9 Å². The number of imidazole rings is 1. The van der Waals surface area contributed by atoms with Gasteiger partial charge >= 0.3 is 0 Å². The molecule has 1 fully saturated rings. The zero-order valence-corrected chi connectivity index (χ0v) is 17.6. The van der Waals surface area contributed by atoms with Gasteiger partial charge in [-0.15, -0.1) is 0 Å². The van der Waals surface area contributed by atoms with Crippen LogP contribution in [0.25, 0.3) is 15.9 Å². The highest BCUT2D eigenvalue weighted by molar-refractivity contribution is 5.93. The minimum absolute atomic E-state index is 0.0801. The van der Waals surface area contributed by atoms with Gasteiger partial charge in [0.1, 0.15) is 0 Å². The number of aryl methyl sites for hydroxylation is 1. The zero-order valence-electron chi connectivity index (χ0n) is 17.6. The van der Waals surface area contributed by atoms with Crippen LogP contribution in [0.2, 0.25) is 0 Å². The number of nitrogens with one attached hydrogen (secondary N) is 1. The Bertz CT molecular complexity index is 1150. The number of anilines is 1. The lowest BCUT2D eigenvalue weighted by Gasteiger charge is -2.41. The Balaban J connectivity index is 1.65. The predicted octanol–water partition coefficient (Wildman–Crippen LogP) is 5.03. The quantitative estimate of drug-likeness (QED) is 0.588. The average molecular weight is 402 g/mol. The van der Waals surface area contributed by atoms with Gasteiger partial charge in [0.25, 0.3) is 0 Å². The molecule has 1 aliphatic rings. The highest BCUT2D eigenvalue weighted by atomic mass is 16.3. The van der Waals surface area contributed by atoms with E-state index in [2.05, 4.69) is 26.6 Å². The maximum absolute atomic E-state index is 12.9. The van der Waals surface area contributed by atoms with Crippen molar-refractivity contribution in [3.05, 3.63) is 65.0 Å². The van der Waals surface area contributed by atoms with Gasteiger partial charge in [0.05, 0.1) is 29.6 Å². The van der Waals surface area contributed by atoms with E-state index in [1.807, 2.05) is 43.3 Å². The highest BCUT2D eigenvalue weighted by Crippen LogP contribution is 2.43. The molecule has 1 atom stereocenters.